The van der Waals surface area contributed by atoms with Crippen molar-refractivity contribution in [2.45, 2.75) is 12.5 Å². The van der Waals surface area contributed by atoms with E-state index in [1.54, 1.807) is 6.20 Å². The zero-order chi connectivity index (χ0) is 13.5. The maximum atomic E-state index is 13.6. The van der Waals surface area contributed by atoms with Crippen molar-refractivity contribution in [3.63, 3.8) is 0 Å². The number of ether oxygens (including phenoxy) is 1. The van der Waals surface area contributed by atoms with Crippen LogP contribution in [0.1, 0.15) is 5.69 Å². The number of alkyl halides is 1. The summed E-state index contributed by atoms with van der Waals surface area (Å²) in [5.41, 5.74) is 0.918. The summed E-state index contributed by atoms with van der Waals surface area (Å²) in [6.45, 7) is 0.893. The summed E-state index contributed by atoms with van der Waals surface area (Å²) in [6.07, 6.45) is 1.98. The lowest BCUT2D eigenvalue weighted by Gasteiger charge is -2.51. The quantitative estimate of drug-likeness (QED) is 0.894. The number of hydrogen-bond donors (Lipinski definition) is 1. The fraction of sp³-hybridized carbons (Fsp3) is 0.615. The van der Waals surface area contributed by atoms with Crippen LogP contribution in [0.25, 0.3) is 0 Å². The molecule has 19 heavy (non-hydrogen) atoms. The van der Waals surface area contributed by atoms with Crippen LogP contribution in [0.3, 0.4) is 0 Å². The molecule has 3 heterocycles. The van der Waals surface area contributed by atoms with Gasteiger partial charge in [0.25, 0.3) is 0 Å². The number of fused-ring (bicyclic) bond motifs is 3. The molecule has 1 aromatic rings. The maximum absolute atomic E-state index is 13.6. The van der Waals surface area contributed by atoms with E-state index in [1.807, 2.05) is 6.07 Å². The molecule has 0 amide bonds. The number of pyridine rings is 1. The van der Waals surface area contributed by atoms with E-state index in [9.17, 15) is 9.50 Å². The van der Waals surface area contributed by atoms with Gasteiger partial charge in [-0.3, -0.25) is 9.37 Å². The van der Waals surface area contributed by atoms with Gasteiger partial charge in [0.15, 0.2) is 0 Å². The molecule has 1 aromatic heterocycles. The highest BCUT2D eigenvalue weighted by Crippen LogP contribution is 2.42. The summed E-state index contributed by atoms with van der Waals surface area (Å²) in [5, 5.41) is 10.3. The number of aliphatic hydroxyl groups excluding tert-OH is 1. The average molecular weight is 287 g/mol. The van der Waals surface area contributed by atoms with Gasteiger partial charge in [-0.05, 0) is 6.07 Å². The Kier molecular flexibility index (Phi) is 3.37. The van der Waals surface area contributed by atoms with Crippen LogP contribution in [0.2, 0.25) is 5.02 Å². The van der Waals surface area contributed by atoms with E-state index < -0.39 is 12.1 Å². The number of aliphatic hydroxyl groups is 1. The van der Waals surface area contributed by atoms with Gasteiger partial charge >= 0.3 is 0 Å². The molecule has 1 saturated heterocycles. The van der Waals surface area contributed by atoms with Gasteiger partial charge in [-0.25, -0.2) is 0 Å². The Hall–Kier alpha value is -0.910. The van der Waals surface area contributed by atoms with Crippen LogP contribution >= 0.6 is 11.6 Å². The van der Waals surface area contributed by atoms with Crippen molar-refractivity contribution in [2.24, 2.45) is 5.41 Å². The molecule has 2 aliphatic rings. The van der Waals surface area contributed by atoms with Gasteiger partial charge in [0.2, 0.25) is 0 Å². The zero-order valence-electron chi connectivity index (χ0n) is 10.5. The van der Waals surface area contributed by atoms with Crippen LogP contribution in [0.5, 0.6) is 0 Å². The van der Waals surface area contributed by atoms with Crippen molar-refractivity contribution in [3.05, 3.63) is 23.0 Å². The van der Waals surface area contributed by atoms with E-state index in [0.29, 0.717) is 31.2 Å². The number of anilines is 1. The van der Waals surface area contributed by atoms with Gasteiger partial charge in [-0.1, -0.05) is 11.6 Å². The first-order valence-corrected chi connectivity index (χ1v) is 6.73. The largest absolute Gasteiger partial charge is 0.396 e. The second-order valence-electron chi connectivity index (χ2n) is 5.23. The van der Waals surface area contributed by atoms with Crippen molar-refractivity contribution in [3.8, 4) is 0 Å². The lowest BCUT2D eigenvalue weighted by atomic mass is 9.74. The Bertz CT molecular complexity index is 482. The van der Waals surface area contributed by atoms with Crippen molar-refractivity contribution in [2.75, 3.05) is 37.9 Å². The van der Waals surface area contributed by atoms with Crippen molar-refractivity contribution >= 4 is 17.3 Å². The minimum Gasteiger partial charge on any atom is -0.396 e. The lowest BCUT2D eigenvalue weighted by molar-refractivity contribution is -0.00755. The van der Waals surface area contributed by atoms with E-state index >= 15 is 0 Å². The molecule has 0 spiro atoms. The Balaban J connectivity index is 2.09. The highest BCUT2D eigenvalue weighted by molar-refractivity contribution is 6.30. The van der Waals surface area contributed by atoms with Crippen LogP contribution in [-0.4, -0.2) is 49.2 Å². The van der Waals surface area contributed by atoms with Crippen LogP contribution in [0.15, 0.2) is 12.3 Å². The summed E-state index contributed by atoms with van der Waals surface area (Å²) in [4.78, 5) is 6.39. The summed E-state index contributed by atoms with van der Waals surface area (Å²) in [6, 6.07) is 1.70. The predicted octanol–water partition coefficient (Wildman–Crippen LogP) is 1.44. The summed E-state index contributed by atoms with van der Waals surface area (Å²) in [5.74, 6) is 0. The van der Waals surface area contributed by atoms with Crippen LogP contribution in [-0.2, 0) is 11.2 Å². The fourth-order valence-corrected chi connectivity index (χ4v) is 3.18. The Morgan fingerprint density at radius 2 is 2.47 bits per heavy atom. The topological polar surface area (TPSA) is 45.6 Å². The van der Waals surface area contributed by atoms with E-state index in [2.05, 4.69) is 9.88 Å². The van der Waals surface area contributed by atoms with Crippen LogP contribution < -0.4 is 4.90 Å². The number of morpholine rings is 1. The molecule has 4 nitrogen and oxygen atoms in total. The van der Waals surface area contributed by atoms with Crippen molar-refractivity contribution in [1.82, 2.24) is 4.98 Å². The molecule has 0 aliphatic carbocycles. The molecule has 1 fully saturated rings. The third kappa shape index (κ3) is 2.00. The molecule has 1 N–H and O–H groups in total. The van der Waals surface area contributed by atoms with Gasteiger partial charge in [0.05, 0.1) is 54.4 Å². The molecule has 6 heteroatoms. The molecule has 104 valence electrons. The highest BCUT2D eigenvalue weighted by atomic mass is 35.5. The number of aromatic nitrogens is 1. The van der Waals surface area contributed by atoms with Gasteiger partial charge in [-0.2, -0.15) is 0 Å². The second kappa shape index (κ2) is 4.89. The first kappa shape index (κ1) is 13.1. The summed E-state index contributed by atoms with van der Waals surface area (Å²) in [7, 11) is 0. The molecular formula is C13H16ClFN2O2. The molecule has 0 unspecified atom stereocenters. The molecule has 0 radical (unpaired) electrons. The predicted molar refractivity (Wildman–Crippen MR) is 70.4 cm³/mol. The van der Waals surface area contributed by atoms with E-state index in [0.717, 1.165) is 11.4 Å². The molecule has 0 saturated carbocycles. The molecule has 0 bridgehead atoms. The number of halogens is 2. The van der Waals surface area contributed by atoms with E-state index in [4.69, 9.17) is 16.3 Å². The minimum absolute atomic E-state index is 0.163. The number of hydrogen-bond acceptors (Lipinski definition) is 4. The van der Waals surface area contributed by atoms with Gasteiger partial charge in [0, 0.05) is 19.2 Å². The standard InChI is InChI=1S/C13H16ClFN2O2/c14-9-3-11-10(16-5-9)4-13(7-15,8-18)12-6-19-2-1-17(11)12/h3,5,12,18H,1-2,4,6-8H2/t12-,13-/m0/s1. The highest BCUT2D eigenvalue weighted by Gasteiger charge is 2.48. The van der Waals surface area contributed by atoms with Gasteiger partial charge in [-0.15, -0.1) is 0 Å². The third-order valence-electron chi connectivity index (χ3n) is 4.16. The summed E-state index contributed by atoms with van der Waals surface area (Å²) < 4.78 is 19.1. The number of rotatable bonds is 2. The Morgan fingerprint density at radius 3 is 3.21 bits per heavy atom. The fourth-order valence-electron chi connectivity index (χ4n) is 3.03. The Labute approximate surface area is 116 Å². The first-order valence-electron chi connectivity index (χ1n) is 6.36. The third-order valence-corrected chi connectivity index (χ3v) is 4.37. The zero-order valence-corrected chi connectivity index (χ0v) is 11.2. The van der Waals surface area contributed by atoms with Gasteiger partial charge in [0.1, 0.15) is 0 Å². The van der Waals surface area contributed by atoms with E-state index in [-0.39, 0.29) is 12.6 Å². The normalized spacial score (nSPS) is 29.8. The molecule has 2 aliphatic heterocycles. The Morgan fingerprint density at radius 1 is 1.63 bits per heavy atom. The van der Waals surface area contributed by atoms with Crippen LogP contribution in [0, 0.1) is 5.41 Å². The smallest absolute Gasteiger partial charge is 0.0997 e. The molecule has 3 rings (SSSR count). The van der Waals surface area contributed by atoms with Gasteiger partial charge < -0.3 is 14.7 Å². The first-order chi connectivity index (χ1) is 9.20. The SMILES string of the molecule is OC[C@@]1(CF)Cc2ncc(Cl)cc2N2CCOC[C@H]21. The number of nitrogens with zero attached hydrogens (tertiary/aromatic N) is 2. The average Bonchev–Trinajstić information content (AvgIpc) is 2.47. The summed E-state index contributed by atoms with van der Waals surface area (Å²) >= 11 is 6.00. The van der Waals surface area contributed by atoms with Crippen molar-refractivity contribution < 1.29 is 14.2 Å². The molecule has 0 aromatic carbocycles. The lowest BCUT2D eigenvalue weighted by Crippen LogP contribution is -2.61. The monoisotopic (exact) mass is 286 g/mol. The second-order valence-corrected chi connectivity index (χ2v) is 5.67. The molecule has 2 atom stereocenters. The van der Waals surface area contributed by atoms with E-state index in [1.165, 1.54) is 0 Å². The maximum Gasteiger partial charge on any atom is 0.0997 e. The van der Waals surface area contributed by atoms with Crippen molar-refractivity contribution in [1.29, 1.82) is 0 Å². The van der Waals surface area contributed by atoms with Crippen LogP contribution in [0.4, 0.5) is 10.1 Å². The molecular weight excluding hydrogens is 271 g/mol. The minimum atomic E-state index is -0.825.